The fraction of sp³-hybridized carbons (Fsp3) is 0.500. The lowest BCUT2D eigenvalue weighted by atomic mass is 10.0. The van der Waals surface area contributed by atoms with Gasteiger partial charge in [0, 0.05) is 18.3 Å². The molecule has 0 bridgehead atoms. The van der Waals surface area contributed by atoms with Crippen LogP contribution in [0.1, 0.15) is 24.2 Å². The van der Waals surface area contributed by atoms with Crippen molar-refractivity contribution in [2.24, 2.45) is 0 Å². The van der Waals surface area contributed by atoms with Crippen LogP contribution < -0.4 is 5.32 Å². The van der Waals surface area contributed by atoms with Gasteiger partial charge in [0.1, 0.15) is 5.82 Å². The molecule has 1 aromatic heterocycles. The lowest BCUT2D eigenvalue weighted by Gasteiger charge is -2.32. The van der Waals surface area contributed by atoms with Gasteiger partial charge in [0.05, 0.1) is 10.6 Å². The van der Waals surface area contributed by atoms with Gasteiger partial charge in [0.2, 0.25) is 0 Å². The van der Waals surface area contributed by atoms with Crippen LogP contribution in [0.3, 0.4) is 0 Å². The number of likely N-dealkylation sites (N-methyl/N-ethyl adjacent to an activating group) is 1. The number of carboxylic acids is 1. The maximum absolute atomic E-state index is 10.7. The Balaban J connectivity index is 2.78. The molecule has 6 heteroatoms. The number of hydrogen-bond donors (Lipinski definition) is 2. The number of aromatic nitrogens is 1. The SMILES string of the molecule is CN(C)C(C)(C)CNc1ncc(C(=O)O)cc1Cl. The van der Waals surface area contributed by atoms with Crippen molar-refractivity contribution in [3.05, 3.63) is 22.8 Å². The van der Waals surface area contributed by atoms with Gasteiger partial charge in [-0.2, -0.15) is 0 Å². The van der Waals surface area contributed by atoms with E-state index in [-0.39, 0.29) is 11.1 Å². The van der Waals surface area contributed by atoms with E-state index in [0.29, 0.717) is 17.4 Å². The van der Waals surface area contributed by atoms with E-state index in [0.717, 1.165) is 0 Å². The van der Waals surface area contributed by atoms with Gasteiger partial charge in [0.25, 0.3) is 0 Å². The zero-order valence-corrected chi connectivity index (χ0v) is 11.7. The zero-order valence-electron chi connectivity index (χ0n) is 11.0. The van der Waals surface area contributed by atoms with Gasteiger partial charge in [-0.15, -0.1) is 0 Å². The molecule has 0 aliphatic heterocycles. The van der Waals surface area contributed by atoms with Crippen molar-refractivity contribution in [2.45, 2.75) is 19.4 Å². The van der Waals surface area contributed by atoms with Gasteiger partial charge in [0.15, 0.2) is 0 Å². The van der Waals surface area contributed by atoms with Crippen LogP contribution in [0.5, 0.6) is 0 Å². The summed E-state index contributed by atoms with van der Waals surface area (Å²) in [5.41, 5.74) is 0.0219. The van der Waals surface area contributed by atoms with Crippen LogP contribution >= 0.6 is 11.6 Å². The van der Waals surface area contributed by atoms with Crippen molar-refractivity contribution in [3.8, 4) is 0 Å². The largest absolute Gasteiger partial charge is 0.478 e. The Bertz CT molecular complexity index is 447. The number of carbonyl (C=O) groups is 1. The molecule has 0 aliphatic carbocycles. The first-order valence-corrected chi connectivity index (χ1v) is 5.92. The Morgan fingerprint density at radius 2 is 2.17 bits per heavy atom. The van der Waals surface area contributed by atoms with Crippen molar-refractivity contribution in [2.75, 3.05) is 26.0 Å². The monoisotopic (exact) mass is 271 g/mol. The molecule has 100 valence electrons. The molecule has 0 saturated heterocycles. The minimum atomic E-state index is -1.04. The number of aromatic carboxylic acids is 1. The molecule has 18 heavy (non-hydrogen) atoms. The van der Waals surface area contributed by atoms with Crippen molar-refractivity contribution in [1.29, 1.82) is 0 Å². The maximum atomic E-state index is 10.7. The topological polar surface area (TPSA) is 65.5 Å². The number of rotatable bonds is 5. The summed E-state index contributed by atoms with van der Waals surface area (Å²) >= 11 is 5.98. The second-order valence-electron chi connectivity index (χ2n) is 4.92. The molecule has 0 aromatic carbocycles. The molecule has 0 fully saturated rings. The van der Waals surface area contributed by atoms with Crippen molar-refractivity contribution < 1.29 is 9.90 Å². The number of nitrogens with one attached hydrogen (secondary N) is 1. The number of halogens is 1. The highest BCUT2D eigenvalue weighted by Gasteiger charge is 2.20. The van der Waals surface area contributed by atoms with Gasteiger partial charge >= 0.3 is 5.97 Å². The molecule has 1 rings (SSSR count). The molecule has 0 unspecified atom stereocenters. The molecule has 1 aromatic rings. The molecule has 2 N–H and O–H groups in total. The van der Waals surface area contributed by atoms with E-state index in [4.69, 9.17) is 16.7 Å². The summed E-state index contributed by atoms with van der Waals surface area (Å²) in [6, 6.07) is 1.39. The van der Waals surface area contributed by atoms with Crippen LogP contribution in [0.2, 0.25) is 5.02 Å². The molecule has 1 heterocycles. The van der Waals surface area contributed by atoms with Crippen molar-refractivity contribution in [1.82, 2.24) is 9.88 Å². The molecule has 0 spiro atoms. The molecule has 0 aliphatic rings. The first-order chi connectivity index (χ1) is 8.24. The summed E-state index contributed by atoms with van der Waals surface area (Å²) in [5, 5.41) is 12.2. The number of pyridine rings is 1. The molecular formula is C12H18ClN3O2. The summed E-state index contributed by atoms with van der Waals surface area (Å²) in [6.45, 7) is 4.82. The highest BCUT2D eigenvalue weighted by Crippen LogP contribution is 2.21. The Kier molecular flexibility index (Phi) is 4.53. The van der Waals surface area contributed by atoms with Crippen molar-refractivity contribution in [3.63, 3.8) is 0 Å². The molecule has 0 amide bonds. The third-order valence-corrected chi connectivity index (χ3v) is 3.28. The predicted octanol–water partition coefficient (Wildman–Crippen LogP) is 2.19. The number of carboxylic acid groups (broad SMARTS) is 1. The Morgan fingerprint density at radius 1 is 1.56 bits per heavy atom. The van der Waals surface area contributed by atoms with Gasteiger partial charge in [-0.3, -0.25) is 0 Å². The number of hydrogen-bond acceptors (Lipinski definition) is 4. The minimum Gasteiger partial charge on any atom is -0.478 e. The standard InChI is InChI=1S/C12H18ClN3O2/c1-12(2,16(3)4)7-15-10-9(13)5-8(6-14-10)11(17)18/h5-6H,7H2,1-4H3,(H,14,15)(H,17,18). The third-order valence-electron chi connectivity index (χ3n) is 2.99. The van der Waals surface area contributed by atoms with Gasteiger partial charge in [-0.05, 0) is 34.0 Å². The van der Waals surface area contributed by atoms with Crippen LogP contribution in [-0.4, -0.2) is 47.1 Å². The van der Waals surface area contributed by atoms with Gasteiger partial charge in [-0.25, -0.2) is 9.78 Å². The van der Waals surface area contributed by atoms with E-state index in [1.54, 1.807) is 0 Å². The average Bonchev–Trinajstić information content (AvgIpc) is 2.26. The third kappa shape index (κ3) is 3.58. The van der Waals surface area contributed by atoms with E-state index in [1.807, 2.05) is 14.1 Å². The van der Waals surface area contributed by atoms with Crippen LogP contribution in [0.15, 0.2) is 12.3 Å². The van der Waals surface area contributed by atoms with E-state index < -0.39 is 5.97 Å². The quantitative estimate of drug-likeness (QED) is 0.859. The fourth-order valence-corrected chi connectivity index (χ4v) is 1.38. The summed E-state index contributed by atoms with van der Waals surface area (Å²) < 4.78 is 0. The second-order valence-corrected chi connectivity index (χ2v) is 5.33. The highest BCUT2D eigenvalue weighted by molar-refractivity contribution is 6.33. The number of nitrogens with zero attached hydrogens (tertiary/aromatic N) is 2. The molecule has 5 nitrogen and oxygen atoms in total. The smallest absolute Gasteiger partial charge is 0.337 e. The van der Waals surface area contributed by atoms with Crippen LogP contribution in [-0.2, 0) is 0 Å². The summed E-state index contributed by atoms with van der Waals surface area (Å²) in [5.74, 6) is -0.541. The average molecular weight is 272 g/mol. The lowest BCUT2D eigenvalue weighted by Crippen LogP contribution is -2.44. The van der Waals surface area contributed by atoms with Crippen LogP contribution in [0.25, 0.3) is 0 Å². The first-order valence-electron chi connectivity index (χ1n) is 5.54. The normalized spacial score (nSPS) is 11.7. The van der Waals surface area contributed by atoms with Crippen LogP contribution in [0, 0.1) is 0 Å². The van der Waals surface area contributed by atoms with Gasteiger partial charge in [-0.1, -0.05) is 11.6 Å². The summed E-state index contributed by atoms with van der Waals surface area (Å²) in [7, 11) is 3.98. The Hall–Kier alpha value is -1.33. The predicted molar refractivity (Wildman–Crippen MR) is 72.5 cm³/mol. The summed E-state index contributed by atoms with van der Waals surface area (Å²) in [6.07, 6.45) is 1.29. The van der Waals surface area contributed by atoms with Gasteiger partial charge < -0.3 is 15.3 Å². The van der Waals surface area contributed by atoms with Crippen molar-refractivity contribution >= 4 is 23.4 Å². The maximum Gasteiger partial charge on any atom is 0.337 e. The fourth-order valence-electron chi connectivity index (χ4n) is 1.14. The highest BCUT2D eigenvalue weighted by atomic mass is 35.5. The van der Waals surface area contributed by atoms with E-state index in [1.165, 1.54) is 12.3 Å². The van der Waals surface area contributed by atoms with Crippen LogP contribution in [0.4, 0.5) is 5.82 Å². The number of anilines is 1. The zero-order chi connectivity index (χ0) is 13.9. The van der Waals surface area contributed by atoms with E-state index in [2.05, 4.69) is 29.0 Å². The Labute approximate surface area is 112 Å². The second kappa shape index (κ2) is 5.54. The molecule has 0 saturated carbocycles. The first kappa shape index (κ1) is 14.7. The molecular weight excluding hydrogens is 254 g/mol. The van der Waals surface area contributed by atoms with E-state index >= 15 is 0 Å². The van der Waals surface area contributed by atoms with E-state index in [9.17, 15) is 4.79 Å². The minimum absolute atomic E-state index is 0.0590. The Morgan fingerprint density at radius 3 is 2.61 bits per heavy atom. The molecule has 0 atom stereocenters. The summed E-state index contributed by atoms with van der Waals surface area (Å²) in [4.78, 5) is 16.8. The lowest BCUT2D eigenvalue weighted by molar-refractivity contribution is 0.0696. The molecule has 0 radical (unpaired) electrons.